The number of nitrogens with one attached hydrogen (secondary N) is 3. The smallest absolute Gasteiger partial charge is 0.311 e. The minimum Gasteiger partial charge on any atom is -0.493 e. The molecule has 0 bridgehead atoms. The molecule has 392 valence electrons. The highest BCUT2D eigenvalue weighted by atomic mass is 35.5. The molecule has 3 aliphatic heterocycles. The van der Waals surface area contributed by atoms with Crippen LogP contribution < -0.4 is 44.4 Å². The molecule has 0 spiro atoms. The predicted molar refractivity (Wildman–Crippen MR) is 277 cm³/mol. The summed E-state index contributed by atoms with van der Waals surface area (Å²) in [7, 11) is 4.88. The fourth-order valence-electron chi connectivity index (χ4n) is 9.59. The highest BCUT2D eigenvalue weighted by Gasteiger charge is 2.28. The summed E-state index contributed by atoms with van der Waals surface area (Å²) in [6, 6.07) is 12.6. The van der Waals surface area contributed by atoms with E-state index in [0.29, 0.717) is 59.7 Å². The Labute approximate surface area is 427 Å². The first-order chi connectivity index (χ1) is 30.7. The summed E-state index contributed by atoms with van der Waals surface area (Å²) in [5.41, 5.74) is 7.26. The fourth-order valence-corrected chi connectivity index (χ4v) is 9.59. The van der Waals surface area contributed by atoms with Gasteiger partial charge in [0.05, 0.1) is 21.3 Å². The lowest BCUT2D eigenvalue weighted by molar-refractivity contribution is -0.135. The van der Waals surface area contributed by atoms with Crippen LogP contribution in [0, 0.1) is 5.92 Å². The molecule has 15 nitrogen and oxygen atoms in total. The van der Waals surface area contributed by atoms with Crippen LogP contribution in [0.1, 0.15) is 162 Å². The molecule has 0 aliphatic carbocycles. The van der Waals surface area contributed by atoms with Crippen molar-refractivity contribution in [3.05, 3.63) is 69.8 Å². The van der Waals surface area contributed by atoms with Gasteiger partial charge in [0.15, 0.2) is 34.5 Å². The largest absolute Gasteiger partial charge is 0.493 e. The van der Waals surface area contributed by atoms with Gasteiger partial charge in [-0.1, -0.05) is 40.0 Å². The van der Waals surface area contributed by atoms with E-state index in [2.05, 4.69) is 28.1 Å². The molecule has 6 rings (SSSR count). The second kappa shape index (κ2) is 32.9. The Balaban J connectivity index is 0.00000771. The number of unbranched alkanes of at least 4 members (excludes halogenated alkanes) is 1. The highest BCUT2D eigenvalue weighted by Crippen LogP contribution is 2.42. The number of fused-ring (bicyclic) bond motifs is 3. The topological polar surface area (TPSA) is 237 Å². The average Bonchev–Trinajstić information content (AvgIpc) is 3.28. The van der Waals surface area contributed by atoms with Gasteiger partial charge in [-0.15, -0.1) is 37.2 Å². The Kier molecular flexibility index (Phi) is 31.0. The van der Waals surface area contributed by atoms with Gasteiger partial charge in [-0.3, -0.25) is 14.4 Å². The van der Waals surface area contributed by atoms with Crippen LogP contribution >= 0.6 is 37.2 Å². The van der Waals surface area contributed by atoms with Crippen molar-refractivity contribution in [2.45, 2.75) is 148 Å². The first-order valence-corrected chi connectivity index (χ1v) is 23.6. The summed E-state index contributed by atoms with van der Waals surface area (Å²) in [5, 5.41) is 11.3. The molecule has 3 aromatic rings. The van der Waals surface area contributed by atoms with Crippen LogP contribution in [-0.2, 0) is 33.6 Å². The molecule has 0 fully saturated rings. The standard InChI is InChI=1S/C51H71N3O9.3ClH.3H2O/c1-7-12-49(55)61-46-30-37-34(27-43(46)58-4)21-24-52-40(37)16-11-10-15-33(17-19-41-38-31-47(62-50(56)13-8-2)44(59-5)28-35(38)22-25-53-41)18-20-42-39-32-48(63-51(57)14-9-3)45(60-6)29-36(39)23-26-54-42;;;;;;/h27-33,40-42,52-54H,7-26H2,1-6H3;3*1H;3*1H2. The van der Waals surface area contributed by atoms with Gasteiger partial charge in [-0.25, -0.2) is 0 Å². The third-order valence-electron chi connectivity index (χ3n) is 12.9. The lowest BCUT2D eigenvalue weighted by Crippen LogP contribution is -2.31. The van der Waals surface area contributed by atoms with Gasteiger partial charge in [-0.2, -0.15) is 0 Å². The number of hydrogen-bond donors (Lipinski definition) is 3. The first-order valence-electron chi connectivity index (χ1n) is 23.6. The molecule has 3 unspecified atom stereocenters. The summed E-state index contributed by atoms with van der Waals surface area (Å²) < 4.78 is 34.4. The third kappa shape index (κ3) is 17.7. The molecule has 3 heterocycles. The summed E-state index contributed by atoms with van der Waals surface area (Å²) >= 11 is 0. The van der Waals surface area contributed by atoms with Crippen molar-refractivity contribution >= 4 is 55.1 Å². The van der Waals surface area contributed by atoms with E-state index in [9.17, 15) is 14.4 Å². The Hall–Kier alpha value is -3.90. The van der Waals surface area contributed by atoms with E-state index < -0.39 is 0 Å². The molecule has 0 saturated carbocycles. The molecule has 69 heavy (non-hydrogen) atoms. The quantitative estimate of drug-likeness (QED) is 0.0462. The van der Waals surface area contributed by atoms with Gasteiger partial charge in [0.25, 0.3) is 0 Å². The van der Waals surface area contributed by atoms with Crippen molar-refractivity contribution in [3.8, 4) is 34.5 Å². The van der Waals surface area contributed by atoms with Gasteiger partial charge in [0, 0.05) is 37.4 Å². The number of rotatable bonds is 23. The van der Waals surface area contributed by atoms with E-state index in [1.165, 1.54) is 33.4 Å². The number of methoxy groups -OCH3 is 3. The number of esters is 3. The number of halogens is 3. The van der Waals surface area contributed by atoms with Crippen molar-refractivity contribution < 1.29 is 59.2 Å². The Morgan fingerprint density at radius 3 is 1.10 bits per heavy atom. The number of hydrogen-bond acceptors (Lipinski definition) is 12. The summed E-state index contributed by atoms with van der Waals surface area (Å²) in [5.74, 6) is 2.99. The molecular formula is C51H80Cl3N3O12. The van der Waals surface area contributed by atoms with Gasteiger partial charge in [0.2, 0.25) is 0 Å². The molecule has 3 aromatic carbocycles. The molecule has 9 N–H and O–H groups in total. The summed E-state index contributed by atoms with van der Waals surface area (Å²) in [6.45, 7) is 8.55. The van der Waals surface area contributed by atoms with E-state index in [1.807, 2.05) is 45.0 Å². The van der Waals surface area contributed by atoms with Gasteiger partial charge >= 0.3 is 17.9 Å². The highest BCUT2D eigenvalue weighted by molar-refractivity contribution is 5.86. The Bertz CT molecular complexity index is 1950. The number of benzene rings is 3. The molecule has 0 radical (unpaired) electrons. The first kappa shape index (κ1) is 65.1. The molecule has 3 aliphatic rings. The zero-order valence-electron chi connectivity index (χ0n) is 41.3. The SMILES string of the molecule is CCCC(=O)Oc1cc2c(cc1OC)CCNC2CCCCC(CCC1NCCc2cc(OC)c(OC(=O)CCC)cc21)CCC1NCCc2cc(OC)c(OC(=O)CCC)cc21.Cl.Cl.Cl.O.O.O. The molecule has 3 atom stereocenters. The lowest BCUT2D eigenvalue weighted by atomic mass is 9.83. The van der Waals surface area contributed by atoms with E-state index in [1.54, 1.807) is 21.3 Å². The number of carbonyl (C=O) groups is 3. The van der Waals surface area contributed by atoms with E-state index in [0.717, 1.165) is 110 Å². The van der Waals surface area contributed by atoms with Gasteiger partial charge in [0.1, 0.15) is 0 Å². The van der Waals surface area contributed by atoms with Crippen molar-refractivity contribution in [2.24, 2.45) is 5.92 Å². The maximum Gasteiger partial charge on any atom is 0.311 e. The van der Waals surface area contributed by atoms with Gasteiger partial charge in [-0.05, 0) is 166 Å². The minimum atomic E-state index is -0.249. The summed E-state index contributed by atoms with van der Waals surface area (Å²) in [6.07, 6.45) is 14.1. The second-order valence-electron chi connectivity index (χ2n) is 17.4. The van der Waals surface area contributed by atoms with Crippen molar-refractivity contribution in [2.75, 3.05) is 41.0 Å². The molecule has 0 amide bonds. The fraction of sp³-hybridized carbons (Fsp3) is 0.588. The normalized spacial score (nSPS) is 16.7. The molecule has 0 aromatic heterocycles. The van der Waals surface area contributed by atoms with Crippen LogP contribution in [0.15, 0.2) is 36.4 Å². The predicted octanol–water partition coefficient (Wildman–Crippen LogP) is 8.32. The van der Waals surface area contributed by atoms with E-state index >= 15 is 0 Å². The lowest BCUT2D eigenvalue weighted by Gasteiger charge is -2.31. The minimum absolute atomic E-state index is 0. The number of carbonyl (C=O) groups excluding carboxylic acids is 3. The van der Waals surface area contributed by atoms with Crippen LogP contribution in [-0.4, -0.2) is 75.3 Å². The maximum atomic E-state index is 12.6. The third-order valence-corrected chi connectivity index (χ3v) is 12.9. The van der Waals surface area contributed by atoms with Crippen LogP contribution in [0.5, 0.6) is 34.5 Å². The van der Waals surface area contributed by atoms with Gasteiger partial charge < -0.3 is 60.8 Å². The number of ether oxygens (including phenoxy) is 6. The van der Waals surface area contributed by atoms with E-state index in [-0.39, 0.29) is 89.7 Å². The molecule has 18 heteroatoms. The monoisotopic (exact) mass is 1030 g/mol. The average molecular weight is 1030 g/mol. The summed E-state index contributed by atoms with van der Waals surface area (Å²) in [4.78, 5) is 37.7. The van der Waals surface area contributed by atoms with Crippen LogP contribution in [0.3, 0.4) is 0 Å². The van der Waals surface area contributed by atoms with Crippen molar-refractivity contribution in [3.63, 3.8) is 0 Å². The Morgan fingerprint density at radius 1 is 0.478 bits per heavy atom. The zero-order chi connectivity index (χ0) is 44.7. The molecule has 0 saturated heterocycles. The van der Waals surface area contributed by atoms with Crippen LogP contribution in [0.25, 0.3) is 0 Å². The Morgan fingerprint density at radius 2 is 0.797 bits per heavy atom. The molecular weight excluding hydrogens is 953 g/mol. The van der Waals surface area contributed by atoms with Crippen LogP contribution in [0.4, 0.5) is 0 Å². The second-order valence-corrected chi connectivity index (χ2v) is 17.4. The van der Waals surface area contributed by atoms with Crippen molar-refractivity contribution in [1.82, 2.24) is 16.0 Å². The maximum absolute atomic E-state index is 12.6. The van der Waals surface area contributed by atoms with Crippen LogP contribution in [0.2, 0.25) is 0 Å². The zero-order valence-corrected chi connectivity index (χ0v) is 43.8. The van der Waals surface area contributed by atoms with Crippen molar-refractivity contribution in [1.29, 1.82) is 0 Å². The van der Waals surface area contributed by atoms with E-state index in [4.69, 9.17) is 28.4 Å².